The standard InChI is InChI=1S/C19H16F3N2.Ir/c1-12-5-4-6-13(2)17(12)16-11-23-18(24(16)3)14-7-9-15(10-8-14)19(20,21)22;/h4-7,9-11H,1-3H3;/q-1;. The molecule has 0 aliphatic heterocycles. The minimum atomic E-state index is -4.36. The van der Waals surface area contributed by atoms with Crippen LogP contribution < -0.4 is 0 Å². The van der Waals surface area contributed by atoms with E-state index < -0.39 is 11.7 Å². The van der Waals surface area contributed by atoms with Crippen LogP contribution in [0.4, 0.5) is 13.2 Å². The van der Waals surface area contributed by atoms with Gasteiger partial charge < -0.3 is 4.57 Å². The van der Waals surface area contributed by atoms with Crippen LogP contribution in [0.5, 0.6) is 0 Å². The number of halogens is 3. The van der Waals surface area contributed by atoms with Gasteiger partial charge in [-0.05, 0) is 30.5 Å². The third-order valence-corrected chi connectivity index (χ3v) is 4.11. The van der Waals surface area contributed by atoms with Gasteiger partial charge in [0.1, 0.15) is 0 Å². The van der Waals surface area contributed by atoms with Gasteiger partial charge in [0.15, 0.2) is 0 Å². The number of hydrogen-bond donors (Lipinski definition) is 0. The molecular formula is C19H16F3IrN2-. The first-order chi connectivity index (χ1) is 11.3. The van der Waals surface area contributed by atoms with Crippen molar-refractivity contribution in [1.82, 2.24) is 9.55 Å². The first kappa shape index (κ1) is 19.4. The average molecular weight is 522 g/mol. The van der Waals surface area contributed by atoms with Crippen LogP contribution in [0.2, 0.25) is 0 Å². The summed E-state index contributed by atoms with van der Waals surface area (Å²) in [5, 5.41) is 0. The summed E-state index contributed by atoms with van der Waals surface area (Å²) in [7, 11) is 1.86. The minimum Gasteiger partial charge on any atom is -0.367 e. The second-order valence-electron chi connectivity index (χ2n) is 5.78. The van der Waals surface area contributed by atoms with Crippen molar-refractivity contribution in [2.24, 2.45) is 7.05 Å². The van der Waals surface area contributed by atoms with E-state index in [1.807, 2.05) is 43.7 Å². The van der Waals surface area contributed by atoms with Crippen molar-refractivity contribution in [3.63, 3.8) is 0 Å². The molecule has 1 heterocycles. The van der Waals surface area contributed by atoms with E-state index in [1.54, 1.807) is 6.20 Å². The summed E-state index contributed by atoms with van der Waals surface area (Å²) in [6.07, 6.45) is -2.61. The minimum absolute atomic E-state index is 0. The molecule has 0 fully saturated rings. The Bertz CT molecular complexity index is 860. The number of alkyl halides is 3. The van der Waals surface area contributed by atoms with E-state index in [0.29, 0.717) is 11.4 Å². The summed E-state index contributed by atoms with van der Waals surface area (Å²) in [4.78, 5) is 4.39. The van der Waals surface area contributed by atoms with Gasteiger partial charge in [0, 0.05) is 38.9 Å². The Labute approximate surface area is 158 Å². The van der Waals surface area contributed by atoms with Gasteiger partial charge in [-0.25, -0.2) is 0 Å². The van der Waals surface area contributed by atoms with E-state index in [4.69, 9.17) is 0 Å². The maximum absolute atomic E-state index is 12.7. The van der Waals surface area contributed by atoms with Crippen molar-refractivity contribution in [2.45, 2.75) is 20.0 Å². The summed E-state index contributed by atoms with van der Waals surface area (Å²) >= 11 is 0. The number of aromatic nitrogens is 2. The van der Waals surface area contributed by atoms with Crippen molar-refractivity contribution in [3.8, 4) is 22.6 Å². The topological polar surface area (TPSA) is 17.8 Å². The fraction of sp³-hybridized carbons (Fsp3) is 0.211. The number of benzene rings is 2. The second-order valence-corrected chi connectivity index (χ2v) is 5.78. The van der Waals surface area contributed by atoms with Crippen LogP contribution >= 0.6 is 0 Å². The molecule has 133 valence electrons. The van der Waals surface area contributed by atoms with Gasteiger partial charge in [-0.1, -0.05) is 18.2 Å². The zero-order valence-corrected chi connectivity index (χ0v) is 16.3. The van der Waals surface area contributed by atoms with E-state index >= 15 is 0 Å². The van der Waals surface area contributed by atoms with Crippen molar-refractivity contribution in [2.75, 3.05) is 0 Å². The molecule has 3 rings (SSSR count). The molecule has 2 aromatic carbocycles. The predicted octanol–water partition coefficient (Wildman–Crippen LogP) is 5.19. The molecule has 25 heavy (non-hydrogen) atoms. The summed E-state index contributed by atoms with van der Waals surface area (Å²) in [5.74, 6) is 0.585. The van der Waals surface area contributed by atoms with Gasteiger partial charge in [0.05, 0.1) is 11.5 Å². The zero-order chi connectivity index (χ0) is 17.5. The van der Waals surface area contributed by atoms with Crippen LogP contribution in [-0.4, -0.2) is 9.55 Å². The fourth-order valence-electron chi connectivity index (χ4n) is 2.85. The number of aryl methyl sites for hydroxylation is 2. The molecule has 0 saturated carbocycles. The summed E-state index contributed by atoms with van der Waals surface area (Å²) in [5.41, 5.74) is 4.08. The smallest absolute Gasteiger partial charge is 0.367 e. The monoisotopic (exact) mass is 522 g/mol. The Morgan fingerprint density at radius 3 is 2.20 bits per heavy atom. The first-order valence-electron chi connectivity index (χ1n) is 7.46. The maximum atomic E-state index is 12.7. The summed E-state index contributed by atoms with van der Waals surface area (Å²) in [6.45, 7) is 4.05. The molecule has 0 bridgehead atoms. The van der Waals surface area contributed by atoms with Crippen molar-refractivity contribution < 1.29 is 33.3 Å². The molecule has 0 amide bonds. The number of nitrogens with zero attached hydrogens (tertiary/aromatic N) is 2. The third-order valence-electron chi connectivity index (χ3n) is 4.11. The second kappa shape index (κ2) is 7.14. The van der Waals surface area contributed by atoms with Crippen LogP contribution in [0, 0.1) is 19.9 Å². The Balaban J connectivity index is 0.00000225. The Morgan fingerprint density at radius 2 is 1.68 bits per heavy atom. The van der Waals surface area contributed by atoms with E-state index in [2.05, 4.69) is 11.1 Å². The van der Waals surface area contributed by atoms with E-state index in [9.17, 15) is 13.2 Å². The molecule has 0 aliphatic carbocycles. The molecule has 3 aromatic rings. The Hall–Kier alpha value is -1.91. The van der Waals surface area contributed by atoms with Crippen molar-refractivity contribution in [1.29, 1.82) is 0 Å². The van der Waals surface area contributed by atoms with Crippen LogP contribution in [0.1, 0.15) is 16.7 Å². The molecule has 0 spiro atoms. The Morgan fingerprint density at radius 1 is 1.04 bits per heavy atom. The largest absolute Gasteiger partial charge is 0.381 e. The van der Waals surface area contributed by atoms with Crippen LogP contribution in [-0.2, 0) is 33.3 Å². The van der Waals surface area contributed by atoms with Crippen LogP contribution in [0.3, 0.4) is 0 Å². The molecule has 0 aliphatic rings. The number of imidazole rings is 1. The number of hydrogen-bond acceptors (Lipinski definition) is 1. The summed E-state index contributed by atoms with van der Waals surface area (Å²) < 4.78 is 39.9. The van der Waals surface area contributed by atoms with Crippen LogP contribution in [0.15, 0.2) is 42.6 Å². The fourth-order valence-corrected chi connectivity index (χ4v) is 2.85. The zero-order valence-electron chi connectivity index (χ0n) is 13.9. The molecule has 1 radical (unpaired) electrons. The number of rotatable bonds is 2. The van der Waals surface area contributed by atoms with Gasteiger partial charge in [-0.15, -0.1) is 29.8 Å². The van der Waals surface area contributed by atoms with Crippen molar-refractivity contribution >= 4 is 0 Å². The SMILES string of the molecule is Cc1cccc(C)c1-c1cnc(-c2[c-]cc(C(F)(F)F)cc2)n1C.[Ir]. The predicted molar refractivity (Wildman–Crippen MR) is 87.4 cm³/mol. The van der Waals surface area contributed by atoms with E-state index in [0.717, 1.165) is 34.5 Å². The molecule has 1 aromatic heterocycles. The Kier molecular flexibility index (Phi) is 5.55. The molecule has 0 atom stereocenters. The molecule has 0 saturated heterocycles. The van der Waals surface area contributed by atoms with Gasteiger partial charge in [-0.3, -0.25) is 4.98 Å². The average Bonchev–Trinajstić information content (AvgIpc) is 2.88. The van der Waals surface area contributed by atoms with E-state index in [1.165, 1.54) is 6.07 Å². The molecule has 2 nitrogen and oxygen atoms in total. The molecule has 6 heteroatoms. The van der Waals surface area contributed by atoms with Gasteiger partial charge in [-0.2, -0.15) is 13.2 Å². The third kappa shape index (κ3) is 3.70. The molecule has 0 N–H and O–H groups in total. The van der Waals surface area contributed by atoms with E-state index in [-0.39, 0.29) is 20.1 Å². The van der Waals surface area contributed by atoms with Crippen molar-refractivity contribution in [3.05, 3.63) is 65.4 Å². The van der Waals surface area contributed by atoms with Crippen LogP contribution in [0.25, 0.3) is 22.6 Å². The quantitative estimate of drug-likeness (QED) is 0.425. The molecular weight excluding hydrogens is 505 g/mol. The van der Waals surface area contributed by atoms with Gasteiger partial charge >= 0.3 is 6.18 Å². The van der Waals surface area contributed by atoms with Gasteiger partial charge in [0.2, 0.25) is 0 Å². The van der Waals surface area contributed by atoms with Gasteiger partial charge in [0.25, 0.3) is 0 Å². The first-order valence-corrected chi connectivity index (χ1v) is 7.46. The maximum Gasteiger partial charge on any atom is 0.381 e. The normalized spacial score (nSPS) is 11.3. The molecule has 0 unspecified atom stereocenters. The summed E-state index contributed by atoms with van der Waals surface area (Å²) in [6, 6.07) is 12.2.